The molecule has 9 heteroatoms. The van der Waals surface area contributed by atoms with Gasteiger partial charge in [0.2, 0.25) is 0 Å². The zero-order valence-electron chi connectivity index (χ0n) is 13.6. The van der Waals surface area contributed by atoms with Crippen molar-refractivity contribution in [1.82, 2.24) is 0 Å². The highest BCUT2D eigenvalue weighted by molar-refractivity contribution is 7.92. The first-order chi connectivity index (χ1) is 12.8. The van der Waals surface area contributed by atoms with Crippen LogP contribution in [0.2, 0.25) is 15.1 Å². The summed E-state index contributed by atoms with van der Waals surface area (Å²) >= 11 is 17.7. The van der Waals surface area contributed by atoms with E-state index in [1.54, 1.807) is 24.3 Å². The van der Waals surface area contributed by atoms with Crippen molar-refractivity contribution in [3.63, 3.8) is 0 Å². The smallest absolute Gasteiger partial charge is 0.263 e. The van der Waals surface area contributed by atoms with Crippen LogP contribution < -0.4 is 4.72 Å². The minimum Gasteiger partial charge on any atom is -0.280 e. The quantitative estimate of drug-likeness (QED) is 0.347. The summed E-state index contributed by atoms with van der Waals surface area (Å²) in [5.74, 6) is 0. The van der Waals surface area contributed by atoms with Gasteiger partial charge in [-0.1, -0.05) is 53.0 Å². The lowest BCUT2D eigenvalue weighted by Crippen LogP contribution is -2.13. The van der Waals surface area contributed by atoms with Gasteiger partial charge in [-0.25, -0.2) is 8.42 Å². The van der Waals surface area contributed by atoms with Gasteiger partial charge < -0.3 is 0 Å². The van der Waals surface area contributed by atoms with Crippen molar-refractivity contribution in [3.05, 3.63) is 81.8 Å². The molecule has 27 heavy (non-hydrogen) atoms. The molecular formula is C18H12Cl3N3O2S. The number of nitrogens with one attached hydrogen (secondary N) is 1. The first-order valence-corrected chi connectivity index (χ1v) is 10.2. The summed E-state index contributed by atoms with van der Waals surface area (Å²) in [7, 11) is -3.93. The van der Waals surface area contributed by atoms with Gasteiger partial charge in [-0.2, -0.15) is 10.2 Å². The Labute approximate surface area is 171 Å². The Morgan fingerprint density at radius 2 is 1.26 bits per heavy atom. The topological polar surface area (TPSA) is 70.9 Å². The van der Waals surface area contributed by atoms with Crippen LogP contribution in [0, 0.1) is 0 Å². The molecule has 1 N–H and O–H groups in total. The zero-order valence-corrected chi connectivity index (χ0v) is 16.7. The van der Waals surface area contributed by atoms with E-state index in [0.29, 0.717) is 11.4 Å². The van der Waals surface area contributed by atoms with Crippen LogP contribution in [0.3, 0.4) is 0 Å². The van der Waals surface area contributed by atoms with Gasteiger partial charge in [0.15, 0.2) is 0 Å². The van der Waals surface area contributed by atoms with Crippen molar-refractivity contribution >= 4 is 61.9 Å². The number of anilines is 1. The molecule has 0 amide bonds. The third-order valence-electron chi connectivity index (χ3n) is 3.42. The molecule has 0 fully saturated rings. The van der Waals surface area contributed by atoms with Crippen molar-refractivity contribution in [2.24, 2.45) is 10.2 Å². The number of rotatable bonds is 5. The fourth-order valence-corrected chi connectivity index (χ4v) is 4.19. The van der Waals surface area contributed by atoms with Gasteiger partial charge in [-0.15, -0.1) is 0 Å². The molecule has 0 saturated heterocycles. The van der Waals surface area contributed by atoms with Crippen LogP contribution in [0.15, 0.2) is 81.9 Å². The van der Waals surface area contributed by atoms with Crippen molar-refractivity contribution in [2.75, 3.05) is 4.72 Å². The summed E-state index contributed by atoms with van der Waals surface area (Å²) in [6, 6.07) is 18.2. The highest BCUT2D eigenvalue weighted by Gasteiger charge is 2.20. The lowest BCUT2D eigenvalue weighted by atomic mass is 10.3. The molecule has 0 aliphatic carbocycles. The van der Waals surface area contributed by atoms with Crippen molar-refractivity contribution in [2.45, 2.75) is 4.90 Å². The molecule has 0 saturated carbocycles. The second-order valence-corrected chi connectivity index (χ2v) is 8.26. The Hall–Kier alpha value is -2.12. The molecule has 0 heterocycles. The van der Waals surface area contributed by atoms with Crippen LogP contribution in [0.1, 0.15) is 0 Å². The third kappa shape index (κ3) is 4.99. The van der Waals surface area contributed by atoms with E-state index in [2.05, 4.69) is 15.0 Å². The summed E-state index contributed by atoms with van der Waals surface area (Å²) < 4.78 is 27.5. The molecule has 3 aromatic carbocycles. The summed E-state index contributed by atoms with van der Waals surface area (Å²) in [6.07, 6.45) is 0. The number of hydrogen-bond acceptors (Lipinski definition) is 4. The summed E-state index contributed by atoms with van der Waals surface area (Å²) in [5, 5.41) is 8.45. The fourth-order valence-electron chi connectivity index (χ4n) is 2.13. The average Bonchev–Trinajstić information content (AvgIpc) is 2.64. The minimum absolute atomic E-state index is 0.0230. The molecule has 3 aromatic rings. The average molecular weight is 441 g/mol. The summed E-state index contributed by atoms with van der Waals surface area (Å²) in [4.78, 5) is -0.161. The normalized spacial score (nSPS) is 11.7. The van der Waals surface area contributed by atoms with E-state index in [9.17, 15) is 8.42 Å². The van der Waals surface area contributed by atoms with E-state index in [-0.39, 0.29) is 20.0 Å². The summed E-state index contributed by atoms with van der Waals surface area (Å²) in [6.45, 7) is 0. The van der Waals surface area contributed by atoms with E-state index >= 15 is 0 Å². The van der Waals surface area contributed by atoms with Crippen LogP contribution >= 0.6 is 34.8 Å². The maximum Gasteiger partial charge on any atom is 0.263 e. The first-order valence-electron chi connectivity index (χ1n) is 7.59. The number of sulfonamides is 1. The third-order valence-corrected chi connectivity index (χ3v) is 5.99. The van der Waals surface area contributed by atoms with Crippen LogP contribution in [-0.4, -0.2) is 8.42 Å². The minimum atomic E-state index is -3.93. The highest BCUT2D eigenvalue weighted by atomic mass is 35.5. The Kier molecular flexibility index (Phi) is 6.01. The van der Waals surface area contributed by atoms with Gasteiger partial charge in [0.05, 0.1) is 26.4 Å². The predicted molar refractivity (Wildman–Crippen MR) is 109 cm³/mol. The molecule has 0 aliphatic heterocycles. The van der Waals surface area contributed by atoms with E-state index in [1.807, 2.05) is 30.3 Å². The van der Waals surface area contributed by atoms with Gasteiger partial charge in [-0.3, -0.25) is 4.72 Å². The number of azo groups is 1. The number of halogens is 3. The standard InChI is InChI=1S/C18H12Cl3N3O2S/c19-15-10-17(21)18(11-16(15)20)27(25,26)24-14-8-6-13(7-9-14)23-22-12-4-2-1-3-5-12/h1-11,24H. The Bertz CT molecular complexity index is 1090. The molecule has 0 atom stereocenters. The molecule has 0 spiro atoms. The van der Waals surface area contributed by atoms with Gasteiger partial charge in [0, 0.05) is 5.69 Å². The molecule has 5 nitrogen and oxygen atoms in total. The van der Waals surface area contributed by atoms with Gasteiger partial charge in [0.25, 0.3) is 10.0 Å². The Morgan fingerprint density at radius 1 is 0.704 bits per heavy atom. The van der Waals surface area contributed by atoms with Crippen LogP contribution in [0.4, 0.5) is 17.1 Å². The molecule has 138 valence electrons. The second-order valence-electron chi connectivity index (χ2n) is 5.38. The number of hydrogen-bond donors (Lipinski definition) is 1. The van der Waals surface area contributed by atoms with Gasteiger partial charge in [0.1, 0.15) is 4.90 Å². The highest BCUT2D eigenvalue weighted by Crippen LogP contribution is 2.32. The molecule has 3 rings (SSSR count). The first kappa shape index (κ1) is 19.6. The van der Waals surface area contributed by atoms with Crippen LogP contribution in [0.25, 0.3) is 0 Å². The van der Waals surface area contributed by atoms with Crippen LogP contribution in [0.5, 0.6) is 0 Å². The van der Waals surface area contributed by atoms with Crippen molar-refractivity contribution < 1.29 is 8.42 Å². The zero-order chi connectivity index (χ0) is 19.4. The predicted octanol–water partition coefficient (Wildman–Crippen LogP) is 6.86. The molecular weight excluding hydrogens is 429 g/mol. The maximum atomic E-state index is 12.5. The Balaban J connectivity index is 1.78. The molecule has 0 unspecified atom stereocenters. The number of nitrogens with zero attached hydrogens (tertiary/aromatic N) is 2. The van der Waals surface area contributed by atoms with Gasteiger partial charge >= 0.3 is 0 Å². The lowest BCUT2D eigenvalue weighted by molar-refractivity contribution is 0.601. The maximum absolute atomic E-state index is 12.5. The van der Waals surface area contributed by atoms with E-state index in [4.69, 9.17) is 34.8 Å². The largest absolute Gasteiger partial charge is 0.280 e. The van der Waals surface area contributed by atoms with E-state index < -0.39 is 10.0 Å². The lowest BCUT2D eigenvalue weighted by Gasteiger charge is -2.10. The molecule has 0 aliphatic rings. The summed E-state index contributed by atoms with van der Waals surface area (Å²) in [5.41, 5.74) is 1.64. The second kappa shape index (κ2) is 8.27. The Morgan fingerprint density at radius 3 is 1.89 bits per heavy atom. The van der Waals surface area contributed by atoms with Gasteiger partial charge in [-0.05, 0) is 48.5 Å². The molecule has 0 bridgehead atoms. The monoisotopic (exact) mass is 439 g/mol. The van der Waals surface area contributed by atoms with Crippen molar-refractivity contribution in [3.8, 4) is 0 Å². The number of benzene rings is 3. The molecule has 0 aromatic heterocycles. The van der Waals surface area contributed by atoms with E-state index in [1.165, 1.54) is 12.1 Å². The van der Waals surface area contributed by atoms with Crippen LogP contribution in [-0.2, 0) is 10.0 Å². The molecule has 0 radical (unpaired) electrons. The van der Waals surface area contributed by atoms with E-state index in [0.717, 1.165) is 5.69 Å². The fraction of sp³-hybridized carbons (Fsp3) is 0. The van der Waals surface area contributed by atoms with Crippen molar-refractivity contribution in [1.29, 1.82) is 0 Å². The SMILES string of the molecule is O=S(=O)(Nc1ccc(N=Nc2ccccc2)cc1)c1cc(Cl)c(Cl)cc1Cl.